The van der Waals surface area contributed by atoms with Crippen LogP contribution in [0.1, 0.15) is 20.8 Å². The number of aromatic amines is 1. The number of carbonyl (C=O) groups is 1. The molecule has 110 valence electrons. The van der Waals surface area contributed by atoms with Crippen molar-refractivity contribution < 1.29 is 4.79 Å². The monoisotopic (exact) mass is 309 g/mol. The van der Waals surface area contributed by atoms with E-state index in [4.69, 9.17) is 0 Å². The van der Waals surface area contributed by atoms with E-state index >= 15 is 0 Å². The van der Waals surface area contributed by atoms with Crippen LogP contribution >= 0.6 is 11.3 Å². The van der Waals surface area contributed by atoms with Crippen LogP contribution in [-0.2, 0) is 13.0 Å². The molecular weight excluding hydrogens is 294 g/mol. The third-order valence-corrected chi connectivity index (χ3v) is 5.04. The van der Waals surface area contributed by atoms with Gasteiger partial charge in [0.1, 0.15) is 0 Å². The summed E-state index contributed by atoms with van der Waals surface area (Å²) in [4.78, 5) is 16.1. The molecule has 1 aromatic carbocycles. The van der Waals surface area contributed by atoms with E-state index in [0.29, 0.717) is 6.54 Å². The maximum absolute atomic E-state index is 12.8. The predicted octanol–water partition coefficient (Wildman–Crippen LogP) is 3.34. The number of benzene rings is 1. The molecule has 1 amide bonds. The number of nitrogens with zero attached hydrogens (tertiary/aromatic N) is 2. The van der Waals surface area contributed by atoms with Crippen LogP contribution in [0.15, 0.2) is 48.0 Å². The van der Waals surface area contributed by atoms with Gasteiger partial charge in [0.05, 0.1) is 5.69 Å². The molecule has 0 saturated carbocycles. The number of hydrogen-bond acceptors (Lipinski definition) is 3. The average Bonchev–Trinajstić information content (AvgIpc) is 3.25. The van der Waals surface area contributed by atoms with Gasteiger partial charge in [-0.2, -0.15) is 5.10 Å². The van der Waals surface area contributed by atoms with Crippen molar-refractivity contribution >= 4 is 17.2 Å². The Kier molecular flexibility index (Phi) is 3.27. The lowest BCUT2D eigenvalue weighted by Crippen LogP contribution is -2.35. The summed E-state index contributed by atoms with van der Waals surface area (Å²) in [5.74, 6) is 0.0956. The summed E-state index contributed by atoms with van der Waals surface area (Å²) in [6.07, 6.45) is 2.67. The van der Waals surface area contributed by atoms with E-state index in [0.717, 1.165) is 29.8 Å². The second-order valence-corrected chi connectivity index (χ2v) is 6.40. The summed E-state index contributed by atoms with van der Waals surface area (Å²) in [5.41, 5.74) is 3.92. The minimum Gasteiger partial charge on any atom is -0.334 e. The quantitative estimate of drug-likeness (QED) is 0.789. The number of rotatable bonds is 2. The molecule has 0 aliphatic carbocycles. The average molecular weight is 309 g/mol. The van der Waals surface area contributed by atoms with Gasteiger partial charge in [0.2, 0.25) is 0 Å². The molecular formula is C17H15N3OS. The normalized spacial score (nSPS) is 13.9. The minimum absolute atomic E-state index is 0.0956. The first-order valence-electron chi connectivity index (χ1n) is 7.25. The minimum atomic E-state index is 0.0956. The SMILES string of the molecule is O=C(c1cccc(-c2ccn[nH]2)c1)N1CCc2sccc2C1. The lowest BCUT2D eigenvalue weighted by atomic mass is 10.1. The zero-order chi connectivity index (χ0) is 14.9. The Bertz CT molecular complexity index is 807. The maximum atomic E-state index is 12.8. The van der Waals surface area contributed by atoms with Gasteiger partial charge in [0.15, 0.2) is 0 Å². The van der Waals surface area contributed by atoms with Crippen LogP contribution in [0.3, 0.4) is 0 Å². The van der Waals surface area contributed by atoms with Crippen LogP contribution in [0, 0.1) is 0 Å². The highest BCUT2D eigenvalue weighted by molar-refractivity contribution is 7.10. The molecule has 0 saturated heterocycles. The molecule has 0 atom stereocenters. The van der Waals surface area contributed by atoms with Crippen molar-refractivity contribution in [3.8, 4) is 11.3 Å². The number of carbonyl (C=O) groups excluding carboxylic acids is 1. The van der Waals surface area contributed by atoms with Gasteiger partial charge in [0.25, 0.3) is 5.91 Å². The Morgan fingerprint density at radius 1 is 1.27 bits per heavy atom. The smallest absolute Gasteiger partial charge is 0.254 e. The van der Waals surface area contributed by atoms with Gasteiger partial charge in [-0.25, -0.2) is 0 Å². The highest BCUT2D eigenvalue weighted by atomic mass is 32.1. The number of aromatic nitrogens is 2. The highest BCUT2D eigenvalue weighted by Crippen LogP contribution is 2.26. The van der Waals surface area contributed by atoms with Crippen LogP contribution in [0.2, 0.25) is 0 Å². The number of thiophene rings is 1. The molecule has 0 radical (unpaired) electrons. The van der Waals surface area contributed by atoms with Gasteiger partial charge >= 0.3 is 0 Å². The first kappa shape index (κ1) is 13.3. The molecule has 1 aliphatic rings. The zero-order valence-corrected chi connectivity index (χ0v) is 12.8. The van der Waals surface area contributed by atoms with E-state index in [-0.39, 0.29) is 5.91 Å². The van der Waals surface area contributed by atoms with E-state index in [2.05, 4.69) is 21.6 Å². The molecule has 0 unspecified atom stereocenters. The van der Waals surface area contributed by atoms with Gasteiger partial charge in [-0.15, -0.1) is 11.3 Å². The van der Waals surface area contributed by atoms with E-state index in [1.54, 1.807) is 17.5 Å². The second-order valence-electron chi connectivity index (χ2n) is 5.40. The molecule has 3 aromatic rings. The van der Waals surface area contributed by atoms with Crippen LogP contribution in [-0.4, -0.2) is 27.5 Å². The number of hydrogen-bond donors (Lipinski definition) is 1. The number of nitrogens with one attached hydrogen (secondary N) is 1. The second kappa shape index (κ2) is 5.42. The van der Waals surface area contributed by atoms with Crippen LogP contribution in [0.25, 0.3) is 11.3 Å². The summed E-state index contributed by atoms with van der Waals surface area (Å²) >= 11 is 1.79. The van der Waals surface area contributed by atoms with Crippen LogP contribution in [0.4, 0.5) is 0 Å². The standard InChI is InChI=1S/C17H15N3OS/c21-17(20-8-5-16-14(11-20)6-9-22-16)13-3-1-2-12(10-13)15-4-7-18-19-15/h1-4,6-7,9-10H,5,8,11H2,(H,18,19). The van der Waals surface area contributed by atoms with Crippen molar-refractivity contribution in [2.75, 3.05) is 6.54 Å². The van der Waals surface area contributed by atoms with Crippen LogP contribution in [0.5, 0.6) is 0 Å². The van der Waals surface area contributed by atoms with E-state index in [1.165, 1.54) is 10.4 Å². The molecule has 0 spiro atoms. The summed E-state index contributed by atoms with van der Waals surface area (Å²) in [6.45, 7) is 1.51. The number of amides is 1. The molecule has 4 rings (SSSR count). The van der Waals surface area contributed by atoms with E-state index in [9.17, 15) is 4.79 Å². The Balaban J connectivity index is 1.60. The highest BCUT2D eigenvalue weighted by Gasteiger charge is 2.22. The third kappa shape index (κ3) is 2.33. The van der Waals surface area contributed by atoms with Gasteiger partial charge in [-0.1, -0.05) is 12.1 Å². The summed E-state index contributed by atoms with van der Waals surface area (Å²) < 4.78 is 0. The van der Waals surface area contributed by atoms with E-state index in [1.807, 2.05) is 35.2 Å². The summed E-state index contributed by atoms with van der Waals surface area (Å²) in [6, 6.07) is 11.7. The molecule has 5 heteroatoms. The molecule has 3 heterocycles. The van der Waals surface area contributed by atoms with Crippen molar-refractivity contribution in [3.05, 3.63) is 64.0 Å². The van der Waals surface area contributed by atoms with Gasteiger partial charge < -0.3 is 4.90 Å². The lowest BCUT2D eigenvalue weighted by molar-refractivity contribution is 0.0736. The molecule has 1 aliphatic heterocycles. The largest absolute Gasteiger partial charge is 0.334 e. The van der Waals surface area contributed by atoms with Crippen LogP contribution < -0.4 is 0 Å². The maximum Gasteiger partial charge on any atom is 0.254 e. The van der Waals surface area contributed by atoms with Crippen molar-refractivity contribution in [3.63, 3.8) is 0 Å². The number of fused-ring (bicyclic) bond motifs is 1. The fourth-order valence-corrected chi connectivity index (χ4v) is 3.73. The molecule has 4 nitrogen and oxygen atoms in total. The Morgan fingerprint density at radius 2 is 2.23 bits per heavy atom. The zero-order valence-electron chi connectivity index (χ0n) is 12.0. The van der Waals surface area contributed by atoms with Gasteiger partial charge in [0, 0.05) is 35.3 Å². The Hall–Kier alpha value is -2.40. The fraction of sp³-hybridized carbons (Fsp3) is 0.176. The van der Waals surface area contributed by atoms with Crippen molar-refractivity contribution in [1.82, 2.24) is 15.1 Å². The first-order valence-corrected chi connectivity index (χ1v) is 8.13. The van der Waals surface area contributed by atoms with Crippen molar-refractivity contribution in [2.45, 2.75) is 13.0 Å². The molecule has 22 heavy (non-hydrogen) atoms. The van der Waals surface area contributed by atoms with Gasteiger partial charge in [-0.05, 0) is 41.6 Å². The lowest BCUT2D eigenvalue weighted by Gasteiger charge is -2.27. The summed E-state index contributed by atoms with van der Waals surface area (Å²) in [5, 5.41) is 9.01. The first-order chi connectivity index (χ1) is 10.8. The third-order valence-electron chi connectivity index (χ3n) is 4.02. The van der Waals surface area contributed by atoms with E-state index < -0.39 is 0 Å². The molecule has 2 aromatic heterocycles. The van der Waals surface area contributed by atoms with Crippen molar-refractivity contribution in [1.29, 1.82) is 0 Å². The topological polar surface area (TPSA) is 49.0 Å². The fourth-order valence-electron chi connectivity index (χ4n) is 2.84. The van der Waals surface area contributed by atoms with Gasteiger partial charge in [-0.3, -0.25) is 9.89 Å². The molecule has 1 N–H and O–H groups in total. The number of H-pyrrole nitrogens is 1. The van der Waals surface area contributed by atoms with Crippen molar-refractivity contribution in [2.24, 2.45) is 0 Å². The predicted molar refractivity (Wildman–Crippen MR) is 86.8 cm³/mol. The molecule has 0 fully saturated rings. The Labute approximate surface area is 132 Å². The Morgan fingerprint density at radius 3 is 3.09 bits per heavy atom. The molecule has 0 bridgehead atoms. The summed E-state index contributed by atoms with van der Waals surface area (Å²) in [7, 11) is 0.